The zero-order chi connectivity index (χ0) is 11.2. The summed E-state index contributed by atoms with van der Waals surface area (Å²) in [5, 5.41) is 12.3. The monoisotopic (exact) mass is 206 g/mol. The van der Waals surface area contributed by atoms with E-state index >= 15 is 0 Å². The Morgan fingerprint density at radius 2 is 2.00 bits per heavy atom. The summed E-state index contributed by atoms with van der Waals surface area (Å²) in [4.78, 5) is 20.2. The average Bonchev–Trinajstić information content (AvgIpc) is 1.95. The first kappa shape index (κ1) is 12.8. The SMILES string of the molecule is C[N+](C)(CCCNC(=O)F)CC(=O)[O-]. The molecule has 1 N–H and O–H groups in total. The van der Waals surface area contributed by atoms with E-state index in [4.69, 9.17) is 0 Å². The Morgan fingerprint density at radius 1 is 1.43 bits per heavy atom. The molecule has 0 saturated heterocycles. The number of rotatable bonds is 6. The third kappa shape index (κ3) is 7.48. The maximum absolute atomic E-state index is 11.7. The lowest BCUT2D eigenvalue weighted by atomic mass is 10.3. The molecule has 0 aromatic carbocycles. The Bertz CT molecular complexity index is 219. The van der Waals surface area contributed by atoms with Crippen LogP contribution in [0.5, 0.6) is 0 Å². The highest BCUT2D eigenvalue weighted by molar-refractivity contribution is 5.65. The molecule has 0 aromatic heterocycles. The van der Waals surface area contributed by atoms with Gasteiger partial charge in [-0.05, 0) is 0 Å². The Kier molecular flexibility index (Phi) is 5.07. The van der Waals surface area contributed by atoms with Gasteiger partial charge < -0.3 is 19.7 Å². The lowest BCUT2D eigenvalue weighted by molar-refractivity contribution is -0.884. The van der Waals surface area contributed by atoms with Gasteiger partial charge in [0.15, 0.2) is 0 Å². The molecular weight excluding hydrogens is 191 g/mol. The zero-order valence-electron chi connectivity index (χ0n) is 8.38. The van der Waals surface area contributed by atoms with Gasteiger partial charge in [0.2, 0.25) is 0 Å². The summed E-state index contributed by atoms with van der Waals surface area (Å²) >= 11 is 0. The van der Waals surface area contributed by atoms with Crippen molar-refractivity contribution in [2.75, 3.05) is 33.7 Å². The van der Waals surface area contributed by atoms with E-state index < -0.39 is 12.1 Å². The van der Waals surface area contributed by atoms with Gasteiger partial charge in [0, 0.05) is 13.0 Å². The maximum Gasteiger partial charge on any atom is 0.397 e. The molecule has 0 fully saturated rings. The van der Waals surface area contributed by atoms with E-state index in [-0.39, 0.29) is 17.6 Å². The van der Waals surface area contributed by atoms with E-state index in [1.54, 1.807) is 14.1 Å². The van der Waals surface area contributed by atoms with Crippen LogP contribution in [-0.2, 0) is 4.79 Å². The van der Waals surface area contributed by atoms with Crippen molar-refractivity contribution in [3.63, 3.8) is 0 Å². The van der Waals surface area contributed by atoms with Gasteiger partial charge in [-0.2, -0.15) is 0 Å². The molecule has 0 spiro atoms. The predicted molar refractivity (Wildman–Crippen MR) is 46.0 cm³/mol. The second-order valence-electron chi connectivity index (χ2n) is 3.74. The fourth-order valence-electron chi connectivity index (χ4n) is 1.12. The lowest BCUT2D eigenvalue weighted by Gasteiger charge is -2.29. The van der Waals surface area contributed by atoms with Crippen LogP contribution in [0, 0.1) is 0 Å². The molecular formula is C8H15FN2O3. The first-order valence-electron chi connectivity index (χ1n) is 4.29. The normalized spacial score (nSPS) is 11.1. The quantitative estimate of drug-likeness (QED) is 0.259. The van der Waals surface area contributed by atoms with E-state index in [0.29, 0.717) is 13.0 Å². The van der Waals surface area contributed by atoms with Crippen molar-refractivity contribution in [1.82, 2.24) is 5.32 Å². The highest BCUT2D eigenvalue weighted by Gasteiger charge is 2.14. The zero-order valence-corrected chi connectivity index (χ0v) is 8.38. The van der Waals surface area contributed by atoms with E-state index in [2.05, 4.69) is 0 Å². The van der Waals surface area contributed by atoms with Crippen molar-refractivity contribution in [1.29, 1.82) is 0 Å². The topological polar surface area (TPSA) is 69.2 Å². The molecule has 5 nitrogen and oxygen atoms in total. The summed E-state index contributed by atoms with van der Waals surface area (Å²) < 4.78 is 11.9. The van der Waals surface area contributed by atoms with Crippen LogP contribution in [0.15, 0.2) is 0 Å². The van der Waals surface area contributed by atoms with Crippen LogP contribution >= 0.6 is 0 Å². The Morgan fingerprint density at radius 3 is 2.43 bits per heavy atom. The van der Waals surface area contributed by atoms with Crippen LogP contribution < -0.4 is 10.4 Å². The van der Waals surface area contributed by atoms with Crippen molar-refractivity contribution in [2.45, 2.75) is 6.42 Å². The van der Waals surface area contributed by atoms with Gasteiger partial charge in [0.1, 0.15) is 6.54 Å². The molecule has 0 atom stereocenters. The smallest absolute Gasteiger partial charge is 0.397 e. The number of quaternary nitrogens is 1. The minimum atomic E-state index is -1.56. The summed E-state index contributed by atoms with van der Waals surface area (Å²) in [7, 11) is 3.46. The standard InChI is InChI=1S/C8H15FN2O3/c1-11(2,6-7(12)13)5-3-4-10-8(9)14/h3-6H2,1-2H3,(H-,10,12,13,14). The second kappa shape index (κ2) is 5.54. The maximum atomic E-state index is 11.7. The van der Waals surface area contributed by atoms with Gasteiger partial charge in [-0.1, -0.05) is 0 Å². The third-order valence-electron chi connectivity index (χ3n) is 1.76. The van der Waals surface area contributed by atoms with Gasteiger partial charge in [-0.25, -0.2) is 4.79 Å². The number of halogens is 1. The average molecular weight is 206 g/mol. The first-order chi connectivity index (χ1) is 6.33. The molecule has 0 aliphatic carbocycles. The van der Waals surface area contributed by atoms with Crippen LogP contribution in [0.2, 0.25) is 0 Å². The molecule has 0 saturated carbocycles. The van der Waals surface area contributed by atoms with Gasteiger partial charge in [0.05, 0.1) is 26.6 Å². The Balaban J connectivity index is 3.65. The van der Waals surface area contributed by atoms with Gasteiger partial charge in [-0.3, -0.25) is 0 Å². The van der Waals surface area contributed by atoms with Crippen LogP contribution in [0.4, 0.5) is 9.18 Å². The first-order valence-corrected chi connectivity index (χ1v) is 4.29. The van der Waals surface area contributed by atoms with E-state index in [1.165, 1.54) is 0 Å². The van der Waals surface area contributed by atoms with E-state index in [9.17, 15) is 19.1 Å². The van der Waals surface area contributed by atoms with E-state index in [1.807, 2.05) is 5.32 Å². The largest absolute Gasteiger partial charge is 0.544 e. The lowest BCUT2D eigenvalue weighted by Crippen LogP contribution is -2.49. The Hall–Kier alpha value is -1.17. The minimum absolute atomic E-state index is 0.0937. The van der Waals surface area contributed by atoms with Gasteiger partial charge in [-0.15, -0.1) is 4.39 Å². The number of carbonyl (C=O) groups excluding carboxylic acids is 2. The predicted octanol–water partition coefficient (Wildman–Crippen LogP) is -1.12. The number of hydrogen-bond acceptors (Lipinski definition) is 3. The highest BCUT2D eigenvalue weighted by atomic mass is 19.1. The molecule has 6 heteroatoms. The molecule has 82 valence electrons. The van der Waals surface area contributed by atoms with Crippen molar-refractivity contribution in [3.8, 4) is 0 Å². The fourth-order valence-corrected chi connectivity index (χ4v) is 1.12. The number of likely N-dealkylation sites (N-methyl/N-ethyl adjacent to an activating group) is 1. The number of hydrogen-bond donors (Lipinski definition) is 1. The van der Waals surface area contributed by atoms with Gasteiger partial charge in [0.25, 0.3) is 0 Å². The molecule has 0 aliphatic heterocycles. The molecule has 0 unspecified atom stereocenters. The van der Waals surface area contributed by atoms with Crippen molar-refractivity contribution in [3.05, 3.63) is 0 Å². The fraction of sp³-hybridized carbons (Fsp3) is 0.750. The summed E-state index contributed by atoms with van der Waals surface area (Å²) in [6, 6.07) is 0. The molecule has 14 heavy (non-hydrogen) atoms. The van der Waals surface area contributed by atoms with Gasteiger partial charge >= 0.3 is 6.16 Å². The van der Waals surface area contributed by atoms with Crippen LogP contribution in [-0.4, -0.2) is 50.3 Å². The minimum Gasteiger partial charge on any atom is -0.544 e. The third-order valence-corrected chi connectivity index (χ3v) is 1.76. The molecule has 0 rings (SSSR count). The number of nitrogens with one attached hydrogen (secondary N) is 1. The Labute approximate surface area is 82.1 Å². The molecule has 0 radical (unpaired) electrons. The van der Waals surface area contributed by atoms with Crippen molar-refractivity contribution >= 4 is 12.1 Å². The van der Waals surface area contributed by atoms with Crippen LogP contribution in [0.3, 0.4) is 0 Å². The molecule has 0 aliphatic rings. The van der Waals surface area contributed by atoms with E-state index in [0.717, 1.165) is 0 Å². The number of carbonyl (C=O) groups is 2. The van der Waals surface area contributed by atoms with Crippen molar-refractivity contribution in [2.24, 2.45) is 0 Å². The number of nitrogens with zero attached hydrogens (tertiary/aromatic N) is 1. The summed E-state index contributed by atoms with van der Waals surface area (Å²) in [6.07, 6.45) is -1.04. The number of carboxylic acids is 1. The number of amides is 1. The summed E-state index contributed by atoms with van der Waals surface area (Å²) in [5.41, 5.74) is 0. The highest BCUT2D eigenvalue weighted by Crippen LogP contribution is 1.97. The number of carboxylic acid groups (broad SMARTS) is 1. The molecule has 0 bridgehead atoms. The second-order valence-corrected chi connectivity index (χ2v) is 3.74. The summed E-state index contributed by atoms with van der Waals surface area (Å²) in [6.45, 7) is 0.655. The molecule has 1 amide bonds. The van der Waals surface area contributed by atoms with Crippen molar-refractivity contribution < 1.29 is 23.6 Å². The van der Waals surface area contributed by atoms with Crippen LogP contribution in [0.25, 0.3) is 0 Å². The molecule has 0 aromatic rings. The van der Waals surface area contributed by atoms with Crippen LogP contribution in [0.1, 0.15) is 6.42 Å². The number of aliphatic carboxylic acids is 1. The summed E-state index contributed by atoms with van der Waals surface area (Å²) in [5.74, 6) is -1.12. The molecule has 0 heterocycles.